The molecule has 2 aromatic rings. The second-order valence-electron chi connectivity index (χ2n) is 3.04. The predicted octanol–water partition coefficient (Wildman–Crippen LogP) is 2.66. The summed E-state index contributed by atoms with van der Waals surface area (Å²) in [6, 6.07) is 7.43. The number of aromatic nitrogens is 1. The zero-order chi connectivity index (χ0) is 10.8. The van der Waals surface area contributed by atoms with Crippen LogP contribution in [0.5, 0.6) is 5.75 Å². The fourth-order valence-electron chi connectivity index (χ4n) is 1.35. The topological polar surface area (TPSA) is 39.2 Å². The number of rotatable bonds is 2. The summed E-state index contributed by atoms with van der Waals surface area (Å²) < 4.78 is 5.82. The van der Waals surface area contributed by atoms with E-state index in [1.54, 1.807) is 7.11 Å². The van der Waals surface area contributed by atoms with Crippen molar-refractivity contribution in [3.05, 3.63) is 33.5 Å². The zero-order valence-corrected chi connectivity index (χ0v) is 10.2. The molecule has 1 aromatic carbocycles. The molecule has 0 amide bonds. The number of pyridine rings is 1. The maximum Gasteiger partial charge on any atom is 0.152 e. The van der Waals surface area contributed by atoms with Gasteiger partial charge in [0.2, 0.25) is 0 Å². The van der Waals surface area contributed by atoms with Crippen LogP contribution in [0.3, 0.4) is 0 Å². The van der Waals surface area contributed by atoms with Crippen molar-refractivity contribution in [1.29, 1.82) is 0 Å². The molecule has 4 heteroatoms. The van der Waals surface area contributed by atoms with Crippen LogP contribution >= 0.6 is 22.6 Å². The van der Waals surface area contributed by atoms with E-state index in [4.69, 9.17) is 4.74 Å². The Morgan fingerprint density at radius 1 is 1.40 bits per heavy atom. The third-order valence-corrected chi connectivity index (χ3v) is 3.00. The molecule has 0 unspecified atom stereocenters. The van der Waals surface area contributed by atoms with Crippen LogP contribution in [0.15, 0.2) is 24.3 Å². The summed E-state index contributed by atoms with van der Waals surface area (Å²) in [5.74, 6) is 0.768. The third-order valence-electron chi connectivity index (χ3n) is 2.13. The molecule has 1 aromatic heterocycles. The van der Waals surface area contributed by atoms with Crippen molar-refractivity contribution in [3.8, 4) is 5.75 Å². The molecule has 0 saturated carbocycles. The first-order valence-electron chi connectivity index (χ1n) is 4.34. The van der Waals surface area contributed by atoms with Gasteiger partial charge in [0.25, 0.3) is 0 Å². The summed E-state index contributed by atoms with van der Waals surface area (Å²) in [7, 11) is 1.62. The van der Waals surface area contributed by atoms with E-state index in [1.807, 2.05) is 46.9 Å². The fourth-order valence-corrected chi connectivity index (χ4v) is 1.89. The molecule has 15 heavy (non-hydrogen) atoms. The monoisotopic (exact) mass is 313 g/mol. The number of halogens is 1. The molecule has 0 spiro atoms. The van der Waals surface area contributed by atoms with Crippen LogP contribution in [0.25, 0.3) is 10.9 Å². The third kappa shape index (κ3) is 1.94. The molecule has 3 nitrogen and oxygen atoms in total. The number of hydrogen-bond acceptors (Lipinski definition) is 3. The number of benzene rings is 1. The van der Waals surface area contributed by atoms with Gasteiger partial charge in [-0.2, -0.15) is 0 Å². The Hall–Kier alpha value is -1.17. The number of hydrogen-bond donors (Lipinski definition) is 0. The van der Waals surface area contributed by atoms with Gasteiger partial charge >= 0.3 is 0 Å². The largest absolute Gasteiger partial charge is 0.497 e. The van der Waals surface area contributed by atoms with Crippen LogP contribution in [-0.4, -0.2) is 18.4 Å². The van der Waals surface area contributed by atoms with Crippen molar-refractivity contribution < 1.29 is 9.53 Å². The number of carbonyl (C=O) groups is 1. The Kier molecular flexibility index (Phi) is 2.86. The molecular formula is C11H8INO2. The van der Waals surface area contributed by atoms with Gasteiger partial charge in [-0.1, -0.05) is 0 Å². The van der Waals surface area contributed by atoms with Gasteiger partial charge in [-0.25, -0.2) is 4.98 Å². The Morgan fingerprint density at radius 3 is 2.87 bits per heavy atom. The molecule has 0 radical (unpaired) electrons. The quantitative estimate of drug-likeness (QED) is 0.486. The Balaban J connectivity index is 2.70. The minimum Gasteiger partial charge on any atom is -0.497 e. The van der Waals surface area contributed by atoms with E-state index in [9.17, 15) is 4.79 Å². The molecule has 0 atom stereocenters. The summed E-state index contributed by atoms with van der Waals surface area (Å²) in [5, 5.41) is 0.943. The SMILES string of the molecule is COc1ccc2cc(C=O)c(I)nc2c1. The molecular weight excluding hydrogens is 305 g/mol. The molecule has 76 valence electrons. The number of carbonyl (C=O) groups excluding carboxylic acids is 1. The summed E-state index contributed by atoms with van der Waals surface area (Å²) in [5.41, 5.74) is 1.46. The van der Waals surface area contributed by atoms with Gasteiger partial charge in [0.05, 0.1) is 12.6 Å². The molecule has 0 bridgehead atoms. The molecule has 0 aliphatic carbocycles. The molecule has 0 aliphatic heterocycles. The number of fused-ring (bicyclic) bond motifs is 1. The first-order valence-corrected chi connectivity index (χ1v) is 5.42. The van der Waals surface area contributed by atoms with Gasteiger partial charge < -0.3 is 4.74 Å². The first-order chi connectivity index (χ1) is 7.24. The van der Waals surface area contributed by atoms with Crippen LogP contribution in [-0.2, 0) is 0 Å². The van der Waals surface area contributed by atoms with Gasteiger partial charge in [-0.15, -0.1) is 0 Å². The highest BCUT2D eigenvalue weighted by molar-refractivity contribution is 14.1. The Bertz CT molecular complexity index is 525. The molecule has 1 heterocycles. The number of nitrogens with zero attached hydrogens (tertiary/aromatic N) is 1. The number of methoxy groups -OCH3 is 1. The Labute approximate surface area is 101 Å². The maximum absolute atomic E-state index is 10.7. The van der Waals surface area contributed by atoms with Crippen molar-refractivity contribution >= 4 is 39.8 Å². The van der Waals surface area contributed by atoms with Crippen LogP contribution in [0.4, 0.5) is 0 Å². The standard InChI is InChI=1S/C11H8INO2/c1-15-9-3-2-7-4-8(6-14)11(12)13-10(7)5-9/h2-6H,1H3. The van der Waals surface area contributed by atoms with Crippen LogP contribution in [0, 0.1) is 3.70 Å². The fraction of sp³-hybridized carbons (Fsp3) is 0.0909. The average molecular weight is 313 g/mol. The minimum absolute atomic E-state index is 0.619. The van der Waals surface area contributed by atoms with Crippen LogP contribution in [0.2, 0.25) is 0 Å². The van der Waals surface area contributed by atoms with Crippen molar-refractivity contribution in [2.75, 3.05) is 7.11 Å². The second-order valence-corrected chi connectivity index (χ2v) is 4.07. The predicted molar refractivity (Wildman–Crippen MR) is 66.4 cm³/mol. The van der Waals surface area contributed by atoms with Gasteiger partial charge in [0.1, 0.15) is 9.45 Å². The lowest BCUT2D eigenvalue weighted by Gasteiger charge is -2.03. The highest BCUT2D eigenvalue weighted by atomic mass is 127. The highest BCUT2D eigenvalue weighted by Gasteiger charge is 2.04. The first kappa shape index (κ1) is 10.4. The Morgan fingerprint density at radius 2 is 2.20 bits per heavy atom. The van der Waals surface area contributed by atoms with E-state index >= 15 is 0 Å². The maximum atomic E-state index is 10.7. The molecule has 0 N–H and O–H groups in total. The van der Waals surface area contributed by atoms with Crippen LogP contribution in [0.1, 0.15) is 10.4 Å². The van der Waals surface area contributed by atoms with E-state index in [0.717, 1.165) is 22.9 Å². The van der Waals surface area contributed by atoms with Crippen molar-refractivity contribution in [2.24, 2.45) is 0 Å². The summed E-state index contributed by atoms with van der Waals surface area (Å²) in [6.07, 6.45) is 0.818. The zero-order valence-electron chi connectivity index (χ0n) is 8.03. The molecule has 0 fully saturated rings. The average Bonchev–Trinajstić information content (AvgIpc) is 2.27. The van der Waals surface area contributed by atoms with Crippen molar-refractivity contribution in [1.82, 2.24) is 4.98 Å². The lowest BCUT2D eigenvalue weighted by Crippen LogP contribution is -1.92. The van der Waals surface area contributed by atoms with Crippen molar-refractivity contribution in [2.45, 2.75) is 0 Å². The van der Waals surface area contributed by atoms with Crippen LogP contribution < -0.4 is 4.74 Å². The van der Waals surface area contributed by atoms with E-state index < -0.39 is 0 Å². The highest BCUT2D eigenvalue weighted by Crippen LogP contribution is 2.21. The van der Waals surface area contributed by atoms with Gasteiger partial charge in [0.15, 0.2) is 6.29 Å². The van der Waals surface area contributed by atoms with E-state index in [-0.39, 0.29) is 0 Å². The van der Waals surface area contributed by atoms with E-state index in [1.165, 1.54) is 0 Å². The summed E-state index contributed by atoms with van der Waals surface area (Å²) in [6.45, 7) is 0. The molecule has 0 saturated heterocycles. The smallest absolute Gasteiger partial charge is 0.152 e. The van der Waals surface area contributed by atoms with E-state index in [0.29, 0.717) is 9.26 Å². The summed E-state index contributed by atoms with van der Waals surface area (Å²) in [4.78, 5) is 15.1. The summed E-state index contributed by atoms with van der Waals surface area (Å²) >= 11 is 2.05. The number of ether oxygens (including phenoxy) is 1. The van der Waals surface area contributed by atoms with Crippen molar-refractivity contribution in [3.63, 3.8) is 0 Å². The van der Waals surface area contributed by atoms with E-state index in [2.05, 4.69) is 4.98 Å². The molecule has 0 aliphatic rings. The normalized spacial score (nSPS) is 10.3. The van der Waals surface area contributed by atoms with Gasteiger partial charge in [-0.3, -0.25) is 4.79 Å². The lowest BCUT2D eigenvalue weighted by molar-refractivity contribution is 0.112. The number of aldehydes is 1. The second kappa shape index (κ2) is 4.14. The van der Waals surface area contributed by atoms with Gasteiger partial charge in [0, 0.05) is 17.0 Å². The minimum atomic E-state index is 0.619. The molecule has 2 rings (SSSR count). The van der Waals surface area contributed by atoms with Gasteiger partial charge in [-0.05, 0) is 40.8 Å². The lowest BCUT2D eigenvalue weighted by atomic mass is 10.1.